The zero-order valence-electron chi connectivity index (χ0n) is 13.3. The molecule has 0 aliphatic heterocycles. The van der Waals surface area contributed by atoms with Crippen LogP contribution in [0.2, 0.25) is 0 Å². The Labute approximate surface area is 128 Å². The van der Waals surface area contributed by atoms with Crippen LogP contribution < -0.4 is 11.1 Å². The summed E-state index contributed by atoms with van der Waals surface area (Å²) in [6, 6.07) is 8.15. The van der Waals surface area contributed by atoms with Gasteiger partial charge in [-0.15, -0.1) is 0 Å². The zero-order chi connectivity index (χ0) is 15.2. The molecule has 3 heteroatoms. The number of para-hydroxylation sites is 1. The lowest BCUT2D eigenvalue weighted by Crippen LogP contribution is -2.39. The maximum absolute atomic E-state index is 12.1. The molecule has 1 saturated carbocycles. The smallest absolute Gasteiger partial charge is 0.220 e. The SMILES string of the molecule is CC(C)C1CCCC(NC(=O)CCc2ccccc2N)C1. The molecule has 2 atom stereocenters. The number of nitrogen functional groups attached to an aromatic ring is 1. The number of rotatable bonds is 5. The Morgan fingerprint density at radius 1 is 1.33 bits per heavy atom. The highest BCUT2D eigenvalue weighted by molar-refractivity contribution is 5.76. The molecular weight excluding hydrogens is 260 g/mol. The number of nitrogens with two attached hydrogens (primary N) is 1. The van der Waals surface area contributed by atoms with E-state index in [-0.39, 0.29) is 5.91 Å². The minimum atomic E-state index is 0.160. The van der Waals surface area contributed by atoms with Crippen LogP contribution in [0.5, 0.6) is 0 Å². The number of aryl methyl sites for hydroxylation is 1. The summed E-state index contributed by atoms with van der Waals surface area (Å²) in [5.41, 5.74) is 7.76. The first-order chi connectivity index (χ1) is 10.1. The van der Waals surface area contributed by atoms with Crippen molar-refractivity contribution in [1.82, 2.24) is 5.32 Å². The average molecular weight is 288 g/mol. The molecule has 1 fully saturated rings. The Bertz CT molecular complexity index is 470. The van der Waals surface area contributed by atoms with Gasteiger partial charge in [0.25, 0.3) is 0 Å². The summed E-state index contributed by atoms with van der Waals surface area (Å²) in [5.74, 6) is 1.63. The van der Waals surface area contributed by atoms with Gasteiger partial charge in [0, 0.05) is 18.2 Å². The summed E-state index contributed by atoms with van der Waals surface area (Å²) in [5, 5.41) is 3.21. The lowest BCUT2D eigenvalue weighted by molar-refractivity contribution is -0.122. The van der Waals surface area contributed by atoms with Crippen LogP contribution in [0.3, 0.4) is 0 Å². The first kappa shape index (κ1) is 15.9. The van der Waals surface area contributed by atoms with Crippen molar-refractivity contribution >= 4 is 11.6 Å². The fourth-order valence-corrected chi connectivity index (χ4v) is 3.27. The molecule has 3 N–H and O–H groups in total. The van der Waals surface area contributed by atoms with Gasteiger partial charge in [0.1, 0.15) is 0 Å². The van der Waals surface area contributed by atoms with E-state index >= 15 is 0 Å². The first-order valence-corrected chi connectivity index (χ1v) is 8.19. The normalized spacial score (nSPS) is 22.2. The summed E-state index contributed by atoms with van der Waals surface area (Å²) in [6.45, 7) is 4.57. The second-order valence-electron chi connectivity index (χ2n) is 6.63. The molecule has 2 unspecified atom stereocenters. The number of carbonyl (C=O) groups is 1. The quantitative estimate of drug-likeness (QED) is 0.814. The van der Waals surface area contributed by atoms with Gasteiger partial charge in [-0.05, 0) is 42.7 Å². The van der Waals surface area contributed by atoms with Gasteiger partial charge in [-0.25, -0.2) is 0 Å². The van der Waals surface area contributed by atoms with Gasteiger partial charge in [-0.1, -0.05) is 44.9 Å². The third kappa shape index (κ3) is 4.76. The summed E-state index contributed by atoms with van der Waals surface area (Å²) in [7, 11) is 0. The molecule has 1 aromatic rings. The monoisotopic (exact) mass is 288 g/mol. The van der Waals surface area contributed by atoms with Crippen LogP contribution in [-0.2, 0) is 11.2 Å². The number of anilines is 1. The second-order valence-corrected chi connectivity index (χ2v) is 6.63. The molecule has 116 valence electrons. The number of nitrogens with one attached hydrogen (secondary N) is 1. The molecule has 0 aromatic heterocycles. The van der Waals surface area contributed by atoms with Gasteiger partial charge < -0.3 is 11.1 Å². The van der Waals surface area contributed by atoms with Gasteiger partial charge in [-0.3, -0.25) is 4.79 Å². The van der Waals surface area contributed by atoms with E-state index in [0.717, 1.165) is 36.4 Å². The van der Waals surface area contributed by atoms with Crippen molar-refractivity contribution in [3.63, 3.8) is 0 Å². The number of hydrogen-bond acceptors (Lipinski definition) is 2. The van der Waals surface area contributed by atoms with Crippen molar-refractivity contribution in [2.75, 3.05) is 5.73 Å². The molecule has 21 heavy (non-hydrogen) atoms. The first-order valence-electron chi connectivity index (χ1n) is 8.19. The average Bonchev–Trinajstić information content (AvgIpc) is 2.46. The van der Waals surface area contributed by atoms with E-state index < -0.39 is 0 Å². The second kappa shape index (κ2) is 7.48. The van der Waals surface area contributed by atoms with Gasteiger partial charge in [0.15, 0.2) is 0 Å². The third-order valence-corrected chi connectivity index (χ3v) is 4.70. The number of hydrogen-bond donors (Lipinski definition) is 2. The largest absolute Gasteiger partial charge is 0.399 e. The highest BCUT2D eigenvalue weighted by atomic mass is 16.1. The van der Waals surface area contributed by atoms with Gasteiger partial charge >= 0.3 is 0 Å². The van der Waals surface area contributed by atoms with Crippen LogP contribution >= 0.6 is 0 Å². The van der Waals surface area contributed by atoms with Gasteiger partial charge in [-0.2, -0.15) is 0 Å². The predicted molar refractivity (Wildman–Crippen MR) is 87.9 cm³/mol. The van der Waals surface area contributed by atoms with Crippen LogP contribution in [-0.4, -0.2) is 11.9 Å². The molecular formula is C18H28N2O. The lowest BCUT2D eigenvalue weighted by atomic mass is 9.79. The third-order valence-electron chi connectivity index (χ3n) is 4.70. The topological polar surface area (TPSA) is 55.1 Å². The Morgan fingerprint density at radius 3 is 2.81 bits per heavy atom. The molecule has 1 aromatic carbocycles. The highest BCUT2D eigenvalue weighted by Gasteiger charge is 2.24. The Kier molecular flexibility index (Phi) is 5.66. The highest BCUT2D eigenvalue weighted by Crippen LogP contribution is 2.29. The molecule has 1 aliphatic carbocycles. The Hall–Kier alpha value is -1.51. The zero-order valence-corrected chi connectivity index (χ0v) is 13.3. The minimum absolute atomic E-state index is 0.160. The van der Waals surface area contributed by atoms with Crippen LogP contribution in [0.4, 0.5) is 5.69 Å². The molecule has 1 amide bonds. The summed E-state index contributed by atoms with van der Waals surface area (Å²) >= 11 is 0. The Balaban J connectivity index is 1.78. The van der Waals surface area contributed by atoms with Crippen LogP contribution in [0.15, 0.2) is 24.3 Å². The van der Waals surface area contributed by atoms with Crippen molar-refractivity contribution in [1.29, 1.82) is 0 Å². The maximum Gasteiger partial charge on any atom is 0.220 e. The molecule has 2 rings (SSSR count). The predicted octanol–water partition coefficient (Wildman–Crippen LogP) is 3.53. The maximum atomic E-state index is 12.1. The number of amides is 1. The molecule has 0 saturated heterocycles. The van der Waals surface area contributed by atoms with E-state index in [9.17, 15) is 4.79 Å². The van der Waals surface area contributed by atoms with E-state index in [1.54, 1.807) is 0 Å². The molecule has 0 heterocycles. The standard InChI is InChI=1S/C18H28N2O/c1-13(2)15-7-5-8-16(12-15)20-18(21)11-10-14-6-3-4-9-17(14)19/h3-4,6,9,13,15-16H,5,7-8,10-12,19H2,1-2H3,(H,20,21). The lowest BCUT2D eigenvalue weighted by Gasteiger charge is -2.32. The fraction of sp³-hybridized carbons (Fsp3) is 0.611. The number of benzene rings is 1. The van der Waals surface area contributed by atoms with Crippen molar-refractivity contribution in [2.24, 2.45) is 11.8 Å². The van der Waals surface area contributed by atoms with E-state index in [1.165, 1.54) is 12.8 Å². The van der Waals surface area contributed by atoms with Crippen LogP contribution in [0.25, 0.3) is 0 Å². The van der Waals surface area contributed by atoms with E-state index in [4.69, 9.17) is 5.73 Å². The van der Waals surface area contributed by atoms with E-state index in [0.29, 0.717) is 18.4 Å². The molecule has 0 radical (unpaired) electrons. The summed E-state index contributed by atoms with van der Waals surface area (Å²) < 4.78 is 0. The van der Waals surface area contributed by atoms with Crippen molar-refractivity contribution in [3.05, 3.63) is 29.8 Å². The Morgan fingerprint density at radius 2 is 2.10 bits per heavy atom. The summed E-state index contributed by atoms with van der Waals surface area (Å²) in [6.07, 6.45) is 6.05. The van der Waals surface area contributed by atoms with Crippen LogP contribution in [0.1, 0.15) is 51.5 Å². The fourth-order valence-electron chi connectivity index (χ4n) is 3.27. The number of carbonyl (C=O) groups excluding carboxylic acids is 1. The molecule has 0 bridgehead atoms. The van der Waals surface area contributed by atoms with E-state index in [2.05, 4.69) is 19.2 Å². The van der Waals surface area contributed by atoms with Gasteiger partial charge in [0.05, 0.1) is 0 Å². The molecule has 1 aliphatic rings. The van der Waals surface area contributed by atoms with Crippen molar-refractivity contribution < 1.29 is 4.79 Å². The summed E-state index contributed by atoms with van der Waals surface area (Å²) in [4.78, 5) is 12.1. The van der Waals surface area contributed by atoms with Crippen molar-refractivity contribution in [2.45, 2.75) is 58.4 Å². The van der Waals surface area contributed by atoms with Gasteiger partial charge in [0.2, 0.25) is 5.91 Å². The van der Waals surface area contributed by atoms with E-state index in [1.807, 2.05) is 24.3 Å². The molecule has 3 nitrogen and oxygen atoms in total. The van der Waals surface area contributed by atoms with Crippen molar-refractivity contribution in [3.8, 4) is 0 Å². The minimum Gasteiger partial charge on any atom is -0.399 e. The van der Waals surface area contributed by atoms with Crippen LogP contribution in [0, 0.1) is 11.8 Å². The molecule has 0 spiro atoms.